The molecule has 0 aromatic heterocycles. The van der Waals surface area contributed by atoms with E-state index in [0.717, 1.165) is 38.5 Å². The van der Waals surface area contributed by atoms with Gasteiger partial charge in [0.15, 0.2) is 37.2 Å². The zero-order valence-electron chi connectivity index (χ0n) is 46.8. The molecule has 472 valence electrons. The highest BCUT2D eigenvalue weighted by Crippen LogP contribution is 2.71. The van der Waals surface area contributed by atoms with E-state index in [1.54, 1.807) is 0 Å². The fourth-order valence-electron chi connectivity index (χ4n) is 17.1. The van der Waals surface area contributed by atoms with Crippen molar-refractivity contribution >= 4 is 0 Å². The molecular weight excluding hydrogens is 1090 g/mol. The largest absolute Gasteiger partial charge is 0.394 e. The molecule has 36 atom stereocenters. The van der Waals surface area contributed by atoms with Crippen LogP contribution in [0.25, 0.3) is 0 Å². The molecule has 82 heavy (non-hydrogen) atoms. The summed E-state index contributed by atoms with van der Waals surface area (Å²) in [6, 6.07) is 0. The Balaban J connectivity index is 0.787. The second kappa shape index (κ2) is 24.4. The van der Waals surface area contributed by atoms with Gasteiger partial charge in [0.25, 0.3) is 0 Å². The number of aliphatic hydroxyl groups excluding tert-OH is 15. The Bertz CT molecular complexity index is 2130. The van der Waals surface area contributed by atoms with Crippen LogP contribution in [-0.2, 0) is 56.8 Å². The highest BCUT2D eigenvalue weighted by molar-refractivity contribution is 5.16. The maximum Gasteiger partial charge on any atom is 0.187 e. The maximum atomic E-state index is 12.2. The Labute approximate surface area is 475 Å². The van der Waals surface area contributed by atoms with E-state index in [4.69, 9.17) is 56.8 Å². The smallest absolute Gasteiger partial charge is 0.187 e. The van der Waals surface area contributed by atoms with E-state index < -0.39 is 192 Å². The summed E-state index contributed by atoms with van der Waals surface area (Å²) in [5, 5.41) is 165. The molecule has 11 rings (SSSR count). The van der Waals surface area contributed by atoms with Crippen molar-refractivity contribution in [2.75, 3.05) is 39.6 Å². The standard InChI is InChI=1S/C55H90O27/c1-20-5-10-55(73-17-20)21(2)34-30(82-55)13-25-23-12-27(59)26-11-22(6-8-53(26,3)24(23)7-9-54(25,34)4)74-50-42(69)39(66)44(33(16-58)77-50)78-52-47(46(38(65)32(15-57)76-52)80-49-41(68)36(63)29(61)19-72-49)81-51-43(70)45(37(64)31(14-56)75-51)79-48-40(67)35(62)28(60)18-71-48/h20-52,56-70H,5-19H2,1-4H3/t20?,21-,22-,23+,24-,25-,26+,27-,28+,29+,30-,31+,32+,33+,34-,35-,36-,37+,38+,39+,40+,41+,42+,43+,44-,45-,46-,47+,48-,49-,50+,51-,52-,53+,54-,55+/m0/s1. The van der Waals surface area contributed by atoms with E-state index in [1.807, 2.05) is 0 Å². The SMILES string of the molecule is CC1CC[C@@]2(OC1)O[C@H]1C[C@H]3[C@@H]4C[C@H](O)[C@H]5C[C@@H](O[C@@H]6O[C@H](CO)[C@H](O[C@@H]7O[C@H](CO)[C@@H](O)[C@H](O[C@@H]8OC[C@@H](O)[C@H](O)[C@H]8O)[C@H]7O[C@@H]7O[C@H](CO)[C@@H](O)[C@H](O[C@@H]8OC[C@@H](O)[C@H](O)[C@H]8O)[C@H]7O)[C@H](O)[C@H]6O)CC[C@]5(C)[C@H]4CC[C@]3(C)[C@H]1[C@@H]2C. The first-order valence-electron chi connectivity index (χ1n) is 29.7. The van der Waals surface area contributed by atoms with Gasteiger partial charge in [-0.25, -0.2) is 0 Å². The van der Waals surface area contributed by atoms with E-state index >= 15 is 0 Å². The van der Waals surface area contributed by atoms with Gasteiger partial charge in [0.2, 0.25) is 0 Å². The second-order valence-corrected chi connectivity index (χ2v) is 26.4. The minimum atomic E-state index is -2.12. The number of ether oxygens (including phenoxy) is 12. The number of aliphatic hydroxyl groups is 15. The first-order chi connectivity index (χ1) is 39.0. The molecule has 7 saturated heterocycles. The zero-order chi connectivity index (χ0) is 58.6. The molecule has 27 heteroatoms. The van der Waals surface area contributed by atoms with Crippen molar-refractivity contribution in [3.63, 3.8) is 0 Å². The Morgan fingerprint density at radius 1 is 0.439 bits per heavy atom. The Morgan fingerprint density at radius 2 is 0.988 bits per heavy atom. The van der Waals surface area contributed by atoms with Crippen LogP contribution in [0, 0.1) is 52.3 Å². The van der Waals surface area contributed by atoms with Crippen LogP contribution in [0.15, 0.2) is 0 Å². The average Bonchev–Trinajstić information content (AvgIpc) is 2.72. The molecule has 0 aromatic carbocycles. The molecule has 0 aromatic rings. The fraction of sp³-hybridized carbons (Fsp3) is 1.00. The summed E-state index contributed by atoms with van der Waals surface area (Å²) >= 11 is 0. The van der Waals surface area contributed by atoms with Crippen LogP contribution >= 0.6 is 0 Å². The number of fused-ring (bicyclic) bond motifs is 7. The number of hydrogen-bond acceptors (Lipinski definition) is 27. The van der Waals surface area contributed by atoms with Crippen molar-refractivity contribution in [1.29, 1.82) is 0 Å². The molecule has 11 aliphatic rings. The lowest BCUT2D eigenvalue weighted by Gasteiger charge is -2.62. The van der Waals surface area contributed by atoms with Crippen LogP contribution in [0.2, 0.25) is 0 Å². The monoisotopic (exact) mass is 1180 g/mol. The van der Waals surface area contributed by atoms with E-state index in [1.165, 1.54) is 0 Å². The van der Waals surface area contributed by atoms with Gasteiger partial charge in [-0.1, -0.05) is 27.7 Å². The molecule has 1 unspecified atom stereocenters. The number of hydrogen-bond donors (Lipinski definition) is 15. The molecule has 7 heterocycles. The van der Waals surface area contributed by atoms with Gasteiger partial charge in [-0.3, -0.25) is 0 Å². The van der Waals surface area contributed by atoms with E-state index in [2.05, 4.69) is 27.7 Å². The highest BCUT2D eigenvalue weighted by Gasteiger charge is 2.70. The minimum absolute atomic E-state index is 0.0533. The molecule has 11 fully saturated rings. The fourth-order valence-corrected chi connectivity index (χ4v) is 17.1. The second-order valence-electron chi connectivity index (χ2n) is 26.4. The molecule has 4 aliphatic carbocycles. The van der Waals surface area contributed by atoms with Crippen molar-refractivity contribution in [3.8, 4) is 0 Å². The van der Waals surface area contributed by atoms with Gasteiger partial charge in [-0.2, -0.15) is 0 Å². The first-order valence-corrected chi connectivity index (χ1v) is 29.7. The van der Waals surface area contributed by atoms with Gasteiger partial charge in [0.1, 0.15) is 110 Å². The highest BCUT2D eigenvalue weighted by atomic mass is 16.8. The van der Waals surface area contributed by atoms with E-state index in [-0.39, 0.29) is 28.8 Å². The van der Waals surface area contributed by atoms with Gasteiger partial charge in [0, 0.05) is 12.3 Å². The lowest BCUT2D eigenvalue weighted by molar-refractivity contribution is -0.408. The van der Waals surface area contributed by atoms with Gasteiger partial charge in [-0.15, -0.1) is 0 Å². The zero-order valence-corrected chi connectivity index (χ0v) is 46.8. The summed E-state index contributed by atoms with van der Waals surface area (Å²) in [5.74, 6) is 1.54. The average molecular weight is 1180 g/mol. The van der Waals surface area contributed by atoms with E-state index in [0.29, 0.717) is 55.5 Å². The van der Waals surface area contributed by atoms with Crippen molar-refractivity contribution in [2.24, 2.45) is 52.3 Å². The Morgan fingerprint density at radius 3 is 1.61 bits per heavy atom. The van der Waals surface area contributed by atoms with Crippen molar-refractivity contribution in [3.05, 3.63) is 0 Å². The Hall–Kier alpha value is -1.08. The Kier molecular flexibility index (Phi) is 18.6. The first kappa shape index (κ1) is 62.5. The third-order valence-electron chi connectivity index (χ3n) is 21.7. The molecular formula is C55H90O27. The summed E-state index contributed by atoms with van der Waals surface area (Å²) in [5.41, 5.74) is -0.165. The van der Waals surface area contributed by atoms with Crippen molar-refractivity contribution in [2.45, 2.75) is 251 Å². The van der Waals surface area contributed by atoms with Crippen molar-refractivity contribution in [1.82, 2.24) is 0 Å². The maximum absolute atomic E-state index is 12.2. The van der Waals surface area contributed by atoms with Gasteiger partial charge >= 0.3 is 0 Å². The molecule has 7 aliphatic heterocycles. The summed E-state index contributed by atoms with van der Waals surface area (Å²) in [6.45, 7) is 6.17. The molecule has 15 N–H and O–H groups in total. The van der Waals surface area contributed by atoms with Crippen LogP contribution in [-0.4, -0.2) is 282 Å². The molecule has 4 saturated carbocycles. The van der Waals surface area contributed by atoms with Crippen LogP contribution in [0.3, 0.4) is 0 Å². The molecule has 0 bridgehead atoms. The lowest BCUT2D eigenvalue weighted by Crippen LogP contribution is -2.69. The van der Waals surface area contributed by atoms with Crippen molar-refractivity contribution < 1.29 is 133 Å². The van der Waals surface area contributed by atoms with E-state index in [9.17, 15) is 76.6 Å². The van der Waals surface area contributed by atoms with Gasteiger partial charge in [-0.05, 0) is 97.7 Å². The molecule has 1 spiro atoms. The van der Waals surface area contributed by atoms with Crippen LogP contribution in [0.1, 0.15) is 85.5 Å². The summed E-state index contributed by atoms with van der Waals surface area (Å²) in [6.07, 6.45) is -35.5. The van der Waals surface area contributed by atoms with Crippen LogP contribution < -0.4 is 0 Å². The lowest BCUT2D eigenvalue weighted by atomic mass is 9.43. The van der Waals surface area contributed by atoms with Crippen LogP contribution in [0.5, 0.6) is 0 Å². The predicted molar refractivity (Wildman–Crippen MR) is 270 cm³/mol. The third kappa shape index (κ3) is 10.9. The van der Waals surface area contributed by atoms with Gasteiger partial charge < -0.3 is 133 Å². The predicted octanol–water partition coefficient (Wildman–Crippen LogP) is -4.84. The summed E-state index contributed by atoms with van der Waals surface area (Å²) < 4.78 is 73.1. The summed E-state index contributed by atoms with van der Waals surface area (Å²) in [7, 11) is 0. The summed E-state index contributed by atoms with van der Waals surface area (Å²) in [4.78, 5) is 0. The van der Waals surface area contributed by atoms with Crippen LogP contribution in [0.4, 0.5) is 0 Å². The van der Waals surface area contributed by atoms with Gasteiger partial charge in [0.05, 0.1) is 58.0 Å². The topological polar surface area (TPSA) is 414 Å². The molecule has 27 nitrogen and oxygen atoms in total. The normalized spacial score (nSPS) is 57.9. The molecule has 0 amide bonds. The minimum Gasteiger partial charge on any atom is -0.394 e. The molecule has 0 radical (unpaired) electrons. The quantitative estimate of drug-likeness (QED) is 0.0769. The number of rotatable bonds is 13. The third-order valence-corrected chi connectivity index (χ3v) is 21.7.